The van der Waals surface area contributed by atoms with Crippen LogP contribution in [-0.2, 0) is 11.2 Å². The zero-order chi connectivity index (χ0) is 18.7. The van der Waals surface area contributed by atoms with Gasteiger partial charge in [0.2, 0.25) is 0 Å². The topological polar surface area (TPSA) is 62.2 Å². The minimum atomic E-state index is -0.926. The summed E-state index contributed by atoms with van der Waals surface area (Å²) in [5.74, 6) is -0.926. The van der Waals surface area contributed by atoms with Gasteiger partial charge in [-0.2, -0.15) is 0 Å². The van der Waals surface area contributed by atoms with Crippen LogP contribution in [-0.4, -0.2) is 22.1 Å². The molecule has 26 heavy (non-hydrogen) atoms. The Kier molecular flexibility index (Phi) is 6.39. The van der Waals surface area contributed by atoms with Crippen LogP contribution in [0.1, 0.15) is 5.56 Å². The first-order chi connectivity index (χ1) is 12.4. The van der Waals surface area contributed by atoms with Crippen molar-refractivity contribution < 1.29 is 9.90 Å². The van der Waals surface area contributed by atoms with Gasteiger partial charge in [-0.3, -0.25) is 0 Å². The molecule has 0 spiro atoms. The number of benzene rings is 2. The Balaban J connectivity index is 1.77. The molecular formula is C18H13Cl2IN2O2S. The van der Waals surface area contributed by atoms with Gasteiger partial charge < -0.3 is 10.4 Å². The molecule has 134 valence electrons. The van der Waals surface area contributed by atoms with Gasteiger partial charge in [-0.25, -0.2) is 9.78 Å². The third-order valence-corrected chi connectivity index (χ3v) is 5.70. The number of anilines is 1. The summed E-state index contributed by atoms with van der Waals surface area (Å²) in [6.07, 6.45) is 0.364. The van der Waals surface area contributed by atoms with Crippen molar-refractivity contribution in [1.82, 2.24) is 4.98 Å². The number of aliphatic carboxylic acids is 1. The van der Waals surface area contributed by atoms with Crippen LogP contribution in [0.2, 0.25) is 10.0 Å². The zero-order valence-electron chi connectivity index (χ0n) is 13.2. The molecule has 8 heteroatoms. The van der Waals surface area contributed by atoms with Crippen molar-refractivity contribution >= 4 is 68.2 Å². The van der Waals surface area contributed by atoms with E-state index in [0.717, 1.165) is 14.7 Å². The monoisotopic (exact) mass is 518 g/mol. The summed E-state index contributed by atoms with van der Waals surface area (Å²) in [6, 6.07) is 12.2. The summed E-state index contributed by atoms with van der Waals surface area (Å²) < 4.78 is 1.11. The van der Waals surface area contributed by atoms with Gasteiger partial charge in [-0.1, -0.05) is 35.3 Å². The molecule has 1 heterocycles. The van der Waals surface area contributed by atoms with Crippen molar-refractivity contribution in [2.75, 3.05) is 5.32 Å². The molecule has 0 aliphatic carbocycles. The Bertz CT molecular complexity index is 931. The van der Waals surface area contributed by atoms with Gasteiger partial charge in [0, 0.05) is 26.0 Å². The molecule has 1 atom stereocenters. The lowest BCUT2D eigenvalue weighted by molar-refractivity contribution is -0.137. The first kappa shape index (κ1) is 19.4. The molecule has 3 rings (SSSR count). The molecule has 0 amide bonds. The Morgan fingerprint density at radius 3 is 2.62 bits per heavy atom. The molecule has 1 aromatic heterocycles. The fraction of sp³-hybridized carbons (Fsp3) is 0.111. The quantitative estimate of drug-likeness (QED) is 0.403. The van der Waals surface area contributed by atoms with Gasteiger partial charge in [0.15, 0.2) is 5.13 Å². The lowest BCUT2D eigenvalue weighted by atomic mass is 10.1. The molecule has 0 aliphatic heterocycles. The highest BCUT2D eigenvalue weighted by molar-refractivity contribution is 14.1. The first-order valence-electron chi connectivity index (χ1n) is 7.57. The number of carboxylic acid groups (broad SMARTS) is 1. The number of hydrogen-bond acceptors (Lipinski definition) is 4. The number of aromatic nitrogens is 1. The second-order valence-electron chi connectivity index (χ2n) is 5.53. The van der Waals surface area contributed by atoms with Crippen LogP contribution in [0.5, 0.6) is 0 Å². The van der Waals surface area contributed by atoms with Crippen LogP contribution in [0.3, 0.4) is 0 Å². The fourth-order valence-electron chi connectivity index (χ4n) is 2.37. The van der Waals surface area contributed by atoms with Crippen LogP contribution in [0.15, 0.2) is 47.8 Å². The van der Waals surface area contributed by atoms with Crippen molar-refractivity contribution in [1.29, 1.82) is 0 Å². The largest absolute Gasteiger partial charge is 0.480 e. The molecule has 0 saturated heterocycles. The fourth-order valence-corrected chi connectivity index (χ4v) is 4.00. The highest BCUT2D eigenvalue weighted by atomic mass is 127. The van der Waals surface area contributed by atoms with E-state index in [1.165, 1.54) is 11.3 Å². The van der Waals surface area contributed by atoms with Crippen LogP contribution in [0.25, 0.3) is 11.3 Å². The summed E-state index contributed by atoms with van der Waals surface area (Å²) in [7, 11) is 0. The van der Waals surface area contributed by atoms with Crippen LogP contribution >= 0.6 is 57.1 Å². The highest BCUT2D eigenvalue weighted by Crippen LogP contribution is 2.32. The standard InChI is InChI=1S/C18H13Cl2IN2O2S/c19-11-3-6-13(14(20)8-11)16-9-26-18(23-16)22-15(17(24)25)7-10-1-4-12(21)5-2-10/h1-6,8-9,15H,7H2,(H,22,23)(H,24,25). The molecular weight excluding hydrogens is 506 g/mol. The van der Waals surface area contributed by atoms with Crippen molar-refractivity contribution in [3.63, 3.8) is 0 Å². The molecule has 0 saturated carbocycles. The number of carboxylic acids is 1. The van der Waals surface area contributed by atoms with Gasteiger partial charge in [0.05, 0.1) is 10.7 Å². The zero-order valence-corrected chi connectivity index (χ0v) is 17.7. The average molecular weight is 519 g/mol. The number of carbonyl (C=O) groups is 1. The van der Waals surface area contributed by atoms with Crippen LogP contribution < -0.4 is 5.32 Å². The van der Waals surface area contributed by atoms with E-state index in [0.29, 0.717) is 27.3 Å². The minimum Gasteiger partial charge on any atom is -0.480 e. The van der Waals surface area contributed by atoms with Crippen LogP contribution in [0, 0.1) is 3.57 Å². The number of nitrogens with zero attached hydrogens (tertiary/aromatic N) is 1. The van der Waals surface area contributed by atoms with Gasteiger partial charge in [-0.05, 0) is 58.5 Å². The van der Waals surface area contributed by atoms with E-state index in [1.807, 2.05) is 29.6 Å². The van der Waals surface area contributed by atoms with E-state index in [4.69, 9.17) is 23.2 Å². The van der Waals surface area contributed by atoms with E-state index >= 15 is 0 Å². The molecule has 4 nitrogen and oxygen atoms in total. The van der Waals surface area contributed by atoms with Gasteiger partial charge >= 0.3 is 5.97 Å². The maximum Gasteiger partial charge on any atom is 0.326 e. The third-order valence-electron chi connectivity index (χ3n) is 3.66. The SMILES string of the molecule is O=C(O)C(Cc1ccc(I)cc1)Nc1nc(-c2ccc(Cl)cc2Cl)cs1. The second kappa shape index (κ2) is 8.56. The highest BCUT2D eigenvalue weighted by Gasteiger charge is 2.20. The van der Waals surface area contributed by atoms with Crippen molar-refractivity contribution in [3.8, 4) is 11.3 Å². The minimum absolute atomic E-state index is 0.364. The van der Waals surface area contributed by atoms with Gasteiger partial charge in [0.1, 0.15) is 6.04 Å². The van der Waals surface area contributed by atoms with Gasteiger partial charge in [0.25, 0.3) is 0 Å². The number of rotatable bonds is 6. The summed E-state index contributed by atoms with van der Waals surface area (Å²) in [5, 5.41) is 15.9. The molecule has 0 bridgehead atoms. The third kappa shape index (κ3) is 4.88. The summed E-state index contributed by atoms with van der Waals surface area (Å²) in [6.45, 7) is 0. The smallest absolute Gasteiger partial charge is 0.326 e. The molecule has 0 radical (unpaired) electrons. The normalized spacial score (nSPS) is 12.0. The maximum atomic E-state index is 11.6. The number of thiazole rings is 1. The second-order valence-corrected chi connectivity index (χ2v) is 8.48. The number of halogens is 3. The predicted octanol–water partition coefficient (Wildman–Crippen LogP) is 5.83. The number of hydrogen-bond donors (Lipinski definition) is 2. The number of nitrogens with one attached hydrogen (secondary N) is 1. The molecule has 3 aromatic rings. The summed E-state index contributed by atoms with van der Waals surface area (Å²) >= 11 is 15.7. The van der Waals surface area contributed by atoms with E-state index < -0.39 is 12.0 Å². The summed E-state index contributed by atoms with van der Waals surface area (Å²) in [5.41, 5.74) is 2.38. The Labute approximate surface area is 178 Å². The van der Waals surface area contributed by atoms with E-state index in [2.05, 4.69) is 32.9 Å². The average Bonchev–Trinajstić information content (AvgIpc) is 3.04. The predicted molar refractivity (Wildman–Crippen MR) is 115 cm³/mol. The lowest BCUT2D eigenvalue weighted by Gasteiger charge is -2.13. The van der Waals surface area contributed by atoms with Gasteiger partial charge in [-0.15, -0.1) is 11.3 Å². The first-order valence-corrected chi connectivity index (χ1v) is 10.3. The Morgan fingerprint density at radius 2 is 1.96 bits per heavy atom. The van der Waals surface area contributed by atoms with Crippen LogP contribution in [0.4, 0.5) is 5.13 Å². The molecule has 0 aliphatic rings. The molecule has 2 N–H and O–H groups in total. The van der Waals surface area contributed by atoms with E-state index in [1.54, 1.807) is 18.2 Å². The molecule has 1 unspecified atom stereocenters. The molecule has 2 aromatic carbocycles. The Hall–Kier alpha value is -1.35. The van der Waals surface area contributed by atoms with Crippen molar-refractivity contribution in [3.05, 3.63) is 67.0 Å². The molecule has 0 fully saturated rings. The van der Waals surface area contributed by atoms with E-state index in [-0.39, 0.29) is 0 Å². The summed E-state index contributed by atoms with van der Waals surface area (Å²) in [4.78, 5) is 16.1. The maximum absolute atomic E-state index is 11.6. The van der Waals surface area contributed by atoms with Crippen molar-refractivity contribution in [2.45, 2.75) is 12.5 Å². The van der Waals surface area contributed by atoms with Crippen molar-refractivity contribution in [2.24, 2.45) is 0 Å². The Morgan fingerprint density at radius 1 is 1.23 bits per heavy atom. The lowest BCUT2D eigenvalue weighted by Crippen LogP contribution is -2.31. The van der Waals surface area contributed by atoms with E-state index in [9.17, 15) is 9.90 Å².